The summed E-state index contributed by atoms with van der Waals surface area (Å²) in [6, 6.07) is 11.2. The van der Waals surface area contributed by atoms with Crippen molar-refractivity contribution in [1.82, 2.24) is 0 Å². The molecule has 0 saturated heterocycles. The number of Topliss-reactive ketones (excluding diaryl/α,β-unsaturated/α-hetero) is 1. The number of hydrogen-bond acceptors (Lipinski definition) is 2. The Morgan fingerprint density at radius 1 is 1.20 bits per heavy atom. The van der Waals surface area contributed by atoms with Crippen molar-refractivity contribution >= 4 is 21.7 Å². The number of rotatable bonds is 5. The summed E-state index contributed by atoms with van der Waals surface area (Å²) in [6.45, 7) is 2.47. The quantitative estimate of drug-likeness (QED) is 0.756. The van der Waals surface area contributed by atoms with Gasteiger partial charge in [-0.1, -0.05) is 12.1 Å². The first-order valence-electron chi connectivity index (χ1n) is 6.30. The molecule has 0 heterocycles. The van der Waals surface area contributed by atoms with Crippen molar-refractivity contribution < 1.29 is 13.9 Å². The minimum Gasteiger partial charge on any atom is -0.493 e. The molecule has 0 aliphatic carbocycles. The molecule has 20 heavy (non-hydrogen) atoms. The Labute approximate surface area is 125 Å². The Kier molecular flexibility index (Phi) is 4.90. The highest BCUT2D eigenvalue weighted by atomic mass is 79.9. The van der Waals surface area contributed by atoms with Gasteiger partial charge in [0.25, 0.3) is 0 Å². The van der Waals surface area contributed by atoms with Crippen LogP contribution in [0.5, 0.6) is 5.75 Å². The molecule has 2 aromatic carbocycles. The highest BCUT2D eigenvalue weighted by molar-refractivity contribution is 9.10. The summed E-state index contributed by atoms with van der Waals surface area (Å²) < 4.78 is 19.0. The van der Waals surface area contributed by atoms with E-state index in [1.807, 2.05) is 6.92 Å². The number of carbonyl (C=O) groups excluding carboxylic acids is 1. The summed E-state index contributed by atoms with van der Waals surface area (Å²) in [5, 5.41) is 0. The molecule has 2 nitrogen and oxygen atoms in total. The fourth-order valence-corrected chi connectivity index (χ4v) is 2.33. The van der Waals surface area contributed by atoms with Crippen LogP contribution in [0.15, 0.2) is 46.9 Å². The average molecular weight is 337 g/mol. The van der Waals surface area contributed by atoms with Crippen LogP contribution in [0.2, 0.25) is 0 Å². The van der Waals surface area contributed by atoms with Crippen LogP contribution in [-0.4, -0.2) is 12.4 Å². The molecular weight excluding hydrogens is 323 g/mol. The van der Waals surface area contributed by atoms with Crippen molar-refractivity contribution in [3.8, 4) is 5.75 Å². The molecule has 0 spiro atoms. The van der Waals surface area contributed by atoms with Gasteiger partial charge in [0, 0.05) is 12.0 Å². The van der Waals surface area contributed by atoms with Gasteiger partial charge in [-0.15, -0.1) is 0 Å². The smallest absolute Gasteiger partial charge is 0.167 e. The predicted octanol–water partition coefficient (Wildman–Crippen LogP) is 4.41. The van der Waals surface area contributed by atoms with Crippen molar-refractivity contribution in [3.05, 3.63) is 63.9 Å². The fraction of sp³-hybridized carbons (Fsp3) is 0.188. The van der Waals surface area contributed by atoms with Crippen LogP contribution >= 0.6 is 15.9 Å². The van der Waals surface area contributed by atoms with Crippen molar-refractivity contribution in [2.75, 3.05) is 6.61 Å². The van der Waals surface area contributed by atoms with Gasteiger partial charge in [-0.25, -0.2) is 4.39 Å². The van der Waals surface area contributed by atoms with E-state index in [9.17, 15) is 9.18 Å². The maximum Gasteiger partial charge on any atom is 0.167 e. The van der Waals surface area contributed by atoms with E-state index in [0.29, 0.717) is 17.9 Å². The maximum absolute atomic E-state index is 12.8. The summed E-state index contributed by atoms with van der Waals surface area (Å²) in [5.74, 6) is 0.399. The molecule has 0 amide bonds. The van der Waals surface area contributed by atoms with E-state index in [4.69, 9.17) is 4.74 Å². The first-order chi connectivity index (χ1) is 9.60. The van der Waals surface area contributed by atoms with Crippen molar-refractivity contribution in [2.24, 2.45) is 0 Å². The van der Waals surface area contributed by atoms with E-state index < -0.39 is 0 Å². The second-order valence-corrected chi connectivity index (χ2v) is 5.16. The lowest BCUT2D eigenvalue weighted by Crippen LogP contribution is -2.04. The average Bonchev–Trinajstić information content (AvgIpc) is 2.44. The van der Waals surface area contributed by atoms with Crippen LogP contribution in [0.25, 0.3) is 0 Å². The lowest BCUT2D eigenvalue weighted by molar-refractivity contribution is 0.0993. The lowest BCUT2D eigenvalue weighted by atomic mass is 10.0. The normalized spacial score (nSPS) is 10.3. The lowest BCUT2D eigenvalue weighted by Gasteiger charge is -2.07. The van der Waals surface area contributed by atoms with E-state index in [1.54, 1.807) is 30.3 Å². The molecule has 0 aromatic heterocycles. The number of halogens is 2. The van der Waals surface area contributed by atoms with Crippen molar-refractivity contribution in [3.63, 3.8) is 0 Å². The topological polar surface area (TPSA) is 26.3 Å². The third-order valence-corrected chi connectivity index (χ3v) is 3.45. The third kappa shape index (κ3) is 3.67. The first kappa shape index (κ1) is 14.7. The van der Waals surface area contributed by atoms with Crippen LogP contribution < -0.4 is 4.74 Å². The van der Waals surface area contributed by atoms with E-state index in [2.05, 4.69) is 15.9 Å². The zero-order valence-corrected chi connectivity index (χ0v) is 12.6. The van der Waals surface area contributed by atoms with Gasteiger partial charge in [-0.05, 0) is 58.7 Å². The van der Waals surface area contributed by atoms with Gasteiger partial charge in [0.15, 0.2) is 5.78 Å². The summed E-state index contributed by atoms with van der Waals surface area (Å²) in [6.07, 6.45) is 0.251. The van der Waals surface area contributed by atoms with Gasteiger partial charge in [-0.2, -0.15) is 0 Å². The SMILES string of the molecule is CCOc1ccc(C(=O)Cc2ccc(F)cc2)cc1Br. The van der Waals surface area contributed by atoms with Crippen molar-refractivity contribution in [2.45, 2.75) is 13.3 Å². The monoisotopic (exact) mass is 336 g/mol. The Morgan fingerprint density at radius 3 is 2.50 bits per heavy atom. The predicted molar refractivity (Wildman–Crippen MR) is 79.7 cm³/mol. The van der Waals surface area contributed by atoms with Gasteiger partial charge >= 0.3 is 0 Å². The van der Waals surface area contributed by atoms with Gasteiger partial charge in [0.1, 0.15) is 11.6 Å². The van der Waals surface area contributed by atoms with Gasteiger partial charge in [0.2, 0.25) is 0 Å². The molecule has 0 unspecified atom stereocenters. The molecule has 0 aliphatic heterocycles. The number of ketones is 1. The van der Waals surface area contributed by atoms with Crippen molar-refractivity contribution in [1.29, 1.82) is 0 Å². The number of carbonyl (C=O) groups is 1. The highest BCUT2D eigenvalue weighted by Gasteiger charge is 2.10. The second-order valence-electron chi connectivity index (χ2n) is 4.30. The van der Waals surface area contributed by atoms with E-state index in [-0.39, 0.29) is 18.0 Å². The van der Waals surface area contributed by atoms with E-state index >= 15 is 0 Å². The maximum atomic E-state index is 12.8. The van der Waals surface area contributed by atoms with Gasteiger partial charge in [-0.3, -0.25) is 4.79 Å². The number of benzene rings is 2. The molecule has 0 saturated carbocycles. The fourth-order valence-electron chi connectivity index (χ4n) is 1.84. The Balaban J connectivity index is 2.13. The molecule has 0 aliphatic rings. The molecule has 2 aromatic rings. The summed E-state index contributed by atoms with van der Waals surface area (Å²) in [7, 11) is 0. The summed E-state index contributed by atoms with van der Waals surface area (Å²) in [4.78, 5) is 12.2. The largest absolute Gasteiger partial charge is 0.493 e. The summed E-state index contributed by atoms with van der Waals surface area (Å²) in [5.41, 5.74) is 1.39. The molecule has 2 rings (SSSR count). The first-order valence-corrected chi connectivity index (χ1v) is 7.09. The zero-order valence-electron chi connectivity index (χ0n) is 11.0. The van der Waals surface area contributed by atoms with Gasteiger partial charge < -0.3 is 4.74 Å². The minimum absolute atomic E-state index is 0.0136. The van der Waals surface area contributed by atoms with Crippen LogP contribution in [0.1, 0.15) is 22.8 Å². The summed E-state index contributed by atoms with van der Waals surface area (Å²) >= 11 is 3.38. The van der Waals surface area contributed by atoms with E-state index in [0.717, 1.165) is 10.0 Å². The Hall–Kier alpha value is -1.68. The second kappa shape index (κ2) is 6.66. The molecule has 0 bridgehead atoms. The number of hydrogen-bond donors (Lipinski definition) is 0. The Morgan fingerprint density at radius 2 is 1.90 bits per heavy atom. The molecule has 0 N–H and O–H groups in total. The van der Waals surface area contributed by atoms with Crippen LogP contribution in [0.4, 0.5) is 4.39 Å². The zero-order chi connectivity index (χ0) is 14.5. The van der Waals surface area contributed by atoms with E-state index in [1.165, 1.54) is 12.1 Å². The number of ether oxygens (including phenoxy) is 1. The molecule has 0 radical (unpaired) electrons. The molecule has 104 valence electrons. The molecule has 4 heteroatoms. The Bertz CT molecular complexity index is 608. The van der Waals surface area contributed by atoms with Crippen LogP contribution in [0.3, 0.4) is 0 Å². The van der Waals surface area contributed by atoms with Crippen LogP contribution in [0, 0.1) is 5.82 Å². The molecular formula is C16H14BrFO2. The standard InChI is InChI=1S/C16H14BrFO2/c1-2-20-16-8-5-12(10-14(16)17)15(19)9-11-3-6-13(18)7-4-11/h3-8,10H,2,9H2,1H3. The minimum atomic E-state index is -0.301. The highest BCUT2D eigenvalue weighted by Crippen LogP contribution is 2.26. The van der Waals surface area contributed by atoms with Gasteiger partial charge in [0.05, 0.1) is 11.1 Å². The third-order valence-electron chi connectivity index (χ3n) is 2.83. The molecule has 0 fully saturated rings. The molecule has 0 atom stereocenters. The van der Waals surface area contributed by atoms with Crippen LogP contribution in [-0.2, 0) is 6.42 Å².